The summed E-state index contributed by atoms with van der Waals surface area (Å²) >= 11 is 0. The molecule has 3 heterocycles. The Morgan fingerprint density at radius 1 is 1.40 bits per heavy atom. The van der Waals surface area contributed by atoms with Gasteiger partial charge in [-0.1, -0.05) is 0 Å². The number of piperazine rings is 1. The van der Waals surface area contributed by atoms with Crippen LogP contribution in [0.25, 0.3) is 0 Å². The van der Waals surface area contributed by atoms with E-state index < -0.39 is 10.0 Å². The molecule has 0 amide bonds. The number of H-pyrrole nitrogens is 1. The van der Waals surface area contributed by atoms with Crippen LogP contribution in [-0.4, -0.2) is 60.0 Å². The average Bonchev–Trinajstić information content (AvgIpc) is 3.03. The van der Waals surface area contributed by atoms with Gasteiger partial charge in [0.1, 0.15) is 4.90 Å². The van der Waals surface area contributed by atoms with Gasteiger partial charge < -0.3 is 5.73 Å². The monoisotopic (exact) mass is 299 g/mol. The van der Waals surface area contributed by atoms with Gasteiger partial charge in [0, 0.05) is 32.2 Å². The molecule has 1 aromatic heterocycles. The van der Waals surface area contributed by atoms with Crippen molar-refractivity contribution in [2.45, 2.75) is 37.2 Å². The molecular formula is C12H21N5O2S. The number of nitrogens with zero attached hydrogens (tertiary/aromatic N) is 3. The molecule has 2 aliphatic rings. The van der Waals surface area contributed by atoms with E-state index in [4.69, 9.17) is 5.73 Å². The van der Waals surface area contributed by atoms with Crippen molar-refractivity contribution < 1.29 is 8.42 Å². The summed E-state index contributed by atoms with van der Waals surface area (Å²) in [6.45, 7) is 4.90. The third-order valence-corrected chi connectivity index (χ3v) is 6.37. The van der Waals surface area contributed by atoms with Crippen molar-refractivity contribution in [2.24, 2.45) is 5.73 Å². The van der Waals surface area contributed by atoms with Crippen molar-refractivity contribution >= 4 is 10.0 Å². The minimum Gasteiger partial charge on any atom is -0.325 e. The van der Waals surface area contributed by atoms with Crippen LogP contribution >= 0.6 is 0 Å². The molecule has 2 fully saturated rings. The van der Waals surface area contributed by atoms with Crippen LogP contribution in [0, 0.1) is 6.92 Å². The highest BCUT2D eigenvalue weighted by molar-refractivity contribution is 7.89. The molecule has 1 atom stereocenters. The fourth-order valence-corrected chi connectivity index (χ4v) is 5.07. The predicted molar refractivity (Wildman–Crippen MR) is 74.6 cm³/mol. The van der Waals surface area contributed by atoms with Gasteiger partial charge in [0.25, 0.3) is 0 Å². The summed E-state index contributed by atoms with van der Waals surface area (Å²) < 4.78 is 27.3. The van der Waals surface area contributed by atoms with Crippen molar-refractivity contribution in [2.75, 3.05) is 26.2 Å². The van der Waals surface area contributed by atoms with Gasteiger partial charge in [0.15, 0.2) is 0 Å². The Hall–Kier alpha value is -0.960. The second-order valence-electron chi connectivity index (χ2n) is 5.52. The number of aromatic amines is 1. The molecule has 0 radical (unpaired) electrons. The molecule has 2 saturated heterocycles. The summed E-state index contributed by atoms with van der Waals surface area (Å²) in [5.74, 6) is 0. The van der Waals surface area contributed by atoms with E-state index in [1.807, 2.05) is 0 Å². The van der Waals surface area contributed by atoms with Gasteiger partial charge in [-0.25, -0.2) is 8.42 Å². The molecule has 0 spiro atoms. The summed E-state index contributed by atoms with van der Waals surface area (Å²) in [5.41, 5.74) is 6.60. The second kappa shape index (κ2) is 5.10. The number of aryl methyl sites for hydroxylation is 1. The zero-order chi connectivity index (χ0) is 14.3. The molecule has 0 aliphatic carbocycles. The van der Waals surface area contributed by atoms with E-state index in [9.17, 15) is 8.42 Å². The first-order chi connectivity index (χ1) is 9.54. The van der Waals surface area contributed by atoms with E-state index in [0.29, 0.717) is 30.5 Å². The minimum atomic E-state index is -3.50. The Balaban J connectivity index is 1.90. The average molecular weight is 299 g/mol. The number of rotatable bonds is 3. The molecule has 20 heavy (non-hydrogen) atoms. The molecule has 0 aromatic carbocycles. The highest BCUT2D eigenvalue weighted by atomic mass is 32.2. The van der Waals surface area contributed by atoms with Crippen molar-refractivity contribution in [1.82, 2.24) is 19.4 Å². The van der Waals surface area contributed by atoms with E-state index in [0.717, 1.165) is 25.9 Å². The van der Waals surface area contributed by atoms with Crippen molar-refractivity contribution in [1.29, 1.82) is 0 Å². The number of hydrogen-bond acceptors (Lipinski definition) is 5. The summed E-state index contributed by atoms with van der Waals surface area (Å²) in [4.78, 5) is 2.66. The number of sulfonamides is 1. The predicted octanol–water partition coefficient (Wildman–Crippen LogP) is -0.354. The van der Waals surface area contributed by atoms with Crippen molar-refractivity contribution in [3.8, 4) is 0 Å². The van der Waals surface area contributed by atoms with Gasteiger partial charge in [-0.05, 0) is 26.3 Å². The molecular weight excluding hydrogens is 278 g/mol. The highest BCUT2D eigenvalue weighted by Crippen LogP contribution is 2.27. The third-order valence-electron chi connectivity index (χ3n) is 4.30. The first-order valence-corrected chi connectivity index (χ1v) is 8.46. The van der Waals surface area contributed by atoms with Crippen LogP contribution in [0.3, 0.4) is 0 Å². The number of nitrogens with one attached hydrogen (secondary N) is 1. The molecule has 0 saturated carbocycles. The lowest BCUT2D eigenvalue weighted by Gasteiger charge is -2.36. The smallest absolute Gasteiger partial charge is 0.246 e. The molecule has 8 heteroatoms. The second-order valence-corrected chi connectivity index (χ2v) is 7.40. The number of nitrogens with two attached hydrogens (primary N) is 1. The molecule has 0 bridgehead atoms. The quantitative estimate of drug-likeness (QED) is 0.795. The van der Waals surface area contributed by atoms with Crippen LogP contribution in [0.1, 0.15) is 24.2 Å². The fraction of sp³-hybridized carbons (Fsp3) is 0.750. The molecule has 1 unspecified atom stereocenters. The SMILES string of the molecule is Cc1[nH]nc(CN)c1S(=O)(=O)N1CCN2CCCC2C1. The molecule has 3 N–H and O–H groups in total. The maximum atomic E-state index is 12.8. The van der Waals surface area contributed by atoms with Gasteiger partial charge in [-0.15, -0.1) is 0 Å². The summed E-state index contributed by atoms with van der Waals surface area (Å²) in [5, 5.41) is 6.73. The van der Waals surface area contributed by atoms with Crippen molar-refractivity contribution in [3.63, 3.8) is 0 Å². The van der Waals surface area contributed by atoms with E-state index in [1.54, 1.807) is 11.2 Å². The normalized spacial score (nSPS) is 25.0. The first-order valence-electron chi connectivity index (χ1n) is 7.02. The Labute approximate surface area is 119 Å². The van der Waals surface area contributed by atoms with Gasteiger partial charge in [0.2, 0.25) is 10.0 Å². The molecule has 112 valence electrons. The van der Waals surface area contributed by atoms with Crippen LogP contribution < -0.4 is 5.73 Å². The largest absolute Gasteiger partial charge is 0.325 e. The lowest BCUT2D eigenvalue weighted by atomic mass is 10.2. The molecule has 3 rings (SSSR count). The van der Waals surface area contributed by atoms with Crippen LogP contribution in [0.5, 0.6) is 0 Å². The van der Waals surface area contributed by atoms with Crippen LogP contribution in [0.2, 0.25) is 0 Å². The van der Waals surface area contributed by atoms with Gasteiger partial charge >= 0.3 is 0 Å². The Bertz CT molecular complexity index is 597. The molecule has 1 aromatic rings. The lowest BCUT2D eigenvalue weighted by Crippen LogP contribution is -2.52. The zero-order valence-corrected chi connectivity index (χ0v) is 12.5. The zero-order valence-electron chi connectivity index (χ0n) is 11.7. The topological polar surface area (TPSA) is 95.3 Å². The first kappa shape index (κ1) is 14.0. The van der Waals surface area contributed by atoms with Crippen LogP contribution in [0.15, 0.2) is 4.90 Å². The standard InChI is InChI=1S/C12H21N5O2S/c1-9-12(11(7-13)15-14-9)20(18,19)17-6-5-16-4-2-3-10(16)8-17/h10H,2-8,13H2,1H3,(H,14,15). The Morgan fingerprint density at radius 3 is 2.95 bits per heavy atom. The van der Waals surface area contributed by atoms with E-state index >= 15 is 0 Å². The van der Waals surface area contributed by atoms with E-state index in [2.05, 4.69) is 15.1 Å². The van der Waals surface area contributed by atoms with Crippen LogP contribution in [-0.2, 0) is 16.6 Å². The van der Waals surface area contributed by atoms with E-state index in [1.165, 1.54) is 0 Å². The number of hydrogen-bond donors (Lipinski definition) is 2. The van der Waals surface area contributed by atoms with Crippen molar-refractivity contribution in [3.05, 3.63) is 11.4 Å². The Morgan fingerprint density at radius 2 is 2.20 bits per heavy atom. The Kier molecular flexibility index (Phi) is 3.57. The lowest BCUT2D eigenvalue weighted by molar-refractivity contribution is 0.158. The minimum absolute atomic E-state index is 0.127. The molecule has 2 aliphatic heterocycles. The summed E-state index contributed by atoms with van der Waals surface area (Å²) in [6.07, 6.45) is 2.25. The van der Waals surface area contributed by atoms with E-state index in [-0.39, 0.29) is 11.4 Å². The number of fused-ring (bicyclic) bond motifs is 1. The maximum Gasteiger partial charge on any atom is 0.246 e. The highest BCUT2D eigenvalue weighted by Gasteiger charge is 2.38. The third kappa shape index (κ3) is 2.16. The summed E-state index contributed by atoms with van der Waals surface area (Å²) in [7, 11) is -3.50. The van der Waals surface area contributed by atoms with Gasteiger partial charge in [-0.3, -0.25) is 10.00 Å². The summed E-state index contributed by atoms with van der Waals surface area (Å²) in [6, 6.07) is 0.368. The van der Waals surface area contributed by atoms with Crippen LogP contribution in [0.4, 0.5) is 0 Å². The molecule has 7 nitrogen and oxygen atoms in total. The number of aromatic nitrogens is 2. The maximum absolute atomic E-state index is 12.8. The van der Waals surface area contributed by atoms with Gasteiger partial charge in [0.05, 0.1) is 11.4 Å². The fourth-order valence-electron chi connectivity index (χ4n) is 3.26. The van der Waals surface area contributed by atoms with Gasteiger partial charge in [-0.2, -0.15) is 9.40 Å².